The summed E-state index contributed by atoms with van der Waals surface area (Å²) in [4.78, 5) is 13.1. The Balaban J connectivity index is 1.58. The smallest absolute Gasteiger partial charge is 0.234 e. The fraction of sp³-hybridized carbons (Fsp3) is 0.235. The second-order valence-corrected chi connectivity index (χ2v) is 5.89. The quantitative estimate of drug-likeness (QED) is 0.853. The summed E-state index contributed by atoms with van der Waals surface area (Å²) in [7, 11) is 1.58. The maximum Gasteiger partial charge on any atom is 0.234 e. The Labute approximate surface area is 138 Å². The molecule has 0 atom stereocenters. The van der Waals surface area contributed by atoms with E-state index in [0.29, 0.717) is 30.4 Å². The predicted molar refractivity (Wildman–Crippen MR) is 89.8 cm³/mol. The van der Waals surface area contributed by atoms with Gasteiger partial charge in [-0.2, -0.15) is 0 Å². The van der Waals surface area contributed by atoms with E-state index in [9.17, 15) is 4.79 Å². The Morgan fingerprint density at radius 2 is 1.96 bits per heavy atom. The van der Waals surface area contributed by atoms with E-state index in [0.717, 1.165) is 16.4 Å². The van der Waals surface area contributed by atoms with Crippen molar-refractivity contribution >= 4 is 23.4 Å². The molecule has 1 aliphatic heterocycles. The number of thioether (sulfide) groups is 1. The zero-order chi connectivity index (χ0) is 16.1. The lowest BCUT2D eigenvalue weighted by molar-refractivity contribution is -0.113. The van der Waals surface area contributed by atoms with Crippen LogP contribution in [-0.2, 0) is 4.79 Å². The van der Waals surface area contributed by atoms with Gasteiger partial charge in [0, 0.05) is 4.90 Å². The summed E-state index contributed by atoms with van der Waals surface area (Å²) in [5.74, 6) is 2.34. The highest BCUT2D eigenvalue weighted by Crippen LogP contribution is 2.34. The van der Waals surface area contributed by atoms with Gasteiger partial charge in [-0.1, -0.05) is 12.1 Å². The number of rotatable bonds is 5. The first kappa shape index (κ1) is 15.6. The van der Waals surface area contributed by atoms with Crippen LogP contribution in [0.4, 0.5) is 5.69 Å². The molecule has 0 saturated carbocycles. The molecule has 0 radical (unpaired) electrons. The highest BCUT2D eigenvalue weighted by atomic mass is 32.2. The largest absolute Gasteiger partial charge is 0.495 e. The third-order valence-corrected chi connectivity index (χ3v) is 4.26. The van der Waals surface area contributed by atoms with E-state index in [1.54, 1.807) is 7.11 Å². The number of amides is 1. The molecule has 1 amide bonds. The molecule has 6 heteroatoms. The van der Waals surface area contributed by atoms with Crippen LogP contribution in [0.5, 0.6) is 17.2 Å². The summed E-state index contributed by atoms with van der Waals surface area (Å²) in [5.41, 5.74) is 0.669. The van der Waals surface area contributed by atoms with Crippen molar-refractivity contribution in [2.45, 2.75) is 4.90 Å². The average molecular weight is 331 g/mol. The molecular weight excluding hydrogens is 314 g/mol. The lowest BCUT2D eigenvalue weighted by Gasteiger charge is -2.18. The lowest BCUT2D eigenvalue weighted by atomic mass is 10.3. The maximum absolute atomic E-state index is 12.1. The van der Waals surface area contributed by atoms with Gasteiger partial charge < -0.3 is 19.5 Å². The van der Waals surface area contributed by atoms with Gasteiger partial charge in [-0.05, 0) is 30.3 Å². The Bertz CT molecular complexity index is 705. The van der Waals surface area contributed by atoms with E-state index in [1.807, 2.05) is 42.5 Å². The van der Waals surface area contributed by atoms with Gasteiger partial charge in [-0.3, -0.25) is 4.79 Å². The Morgan fingerprint density at radius 3 is 2.78 bits per heavy atom. The number of benzene rings is 2. The summed E-state index contributed by atoms with van der Waals surface area (Å²) < 4.78 is 16.2. The van der Waals surface area contributed by atoms with Gasteiger partial charge in [0.05, 0.1) is 18.6 Å². The van der Waals surface area contributed by atoms with Crippen LogP contribution in [0.25, 0.3) is 0 Å². The second-order valence-electron chi connectivity index (χ2n) is 4.84. The van der Waals surface area contributed by atoms with E-state index in [-0.39, 0.29) is 5.91 Å². The fourth-order valence-corrected chi connectivity index (χ4v) is 2.92. The summed E-state index contributed by atoms with van der Waals surface area (Å²) in [5, 5.41) is 2.85. The molecule has 0 unspecified atom stereocenters. The maximum atomic E-state index is 12.1. The van der Waals surface area contributed by atoms with Crippen LogP contribution < -0.4 is 19.5 Å². The standard InChI is InChI=1S/C17H17NO4S/c1-20-14-5-3-2-4-13(14)18-17(19)11-23-12-6-7-15-16(10-12)22-9-8-21-15/h2-7,10H,8-9,11H2,1H3,(H,18,19). The zero-order valence-electron chi connectivity index (χ0n) is 12.7. The predicted octanol–water partition coefficient (Wildman–Crippen LogP) is 3.20. The number of methoxy groups -OCH3 is 1. The number of carbonyl (C=O) groups excluding carboxylic acids is 1. The highest BCUT2D eigenvalue weighted by molar-refractivity contribution is 8.00. The third kappa shape index (κ3) is 3.90. The average Bonchev–Trinajstić information content (AvgIpc) is 2.60. The Morgan fingerprint density at radius 1 is 1.17 bits per heavy atom. The van der Waals surface area contributed by atoms with Gasteiger partial charge in [-0.25, -0.2) is 0 Å². The van der Waals surface area contributed by atoms with Crippen molar-refractivity contribution < 1.29 is 19.0 Å². The molecule has 3 rings (SSSR count). The van der Waals surface area contributed by atoms with E-state index in [2.05, 4.69) is 5.32 Å². The van der Waals surface area contributed by atoms with Crippen LogP contribution in [-0.4, -0.2) is 32.0 Å². The molecule has 5 nitrogen and oxygen atoms in total. The van der Waals surface area contributed by atoms with Gasteiger partial charge in [0.2, 0.25) is 5.91 Å². The molecule has 1 N–H and O–H groups in total. The molecule has 0 bridgehead atoms. The van der Waals surface area contributed by atoms with Crippen molar-refractivity contribution in [3.05, 3.63) is 42.5 Å². The number of hydrogen-bond donors (Lipinski definition) is 1. The third-order valence-electron chi connectivity index (χ3n) is 3.26. The van der Waals surface area contributed by atoms with E-state index >= 15 is 0 Å². The highest BCUT2D eigenvalue weighted by Gasteiger charge is 2.13. The molecule has 2 aromatic carbocycles. The molecule has 0 saturated heterocycles. The SMILES string of the molecule is COc1ccccc1NC(=O)CSc1ccc2c(c1)OCCO2. The van der Waals surface area contributed by atoms with Crippen molar-refractivity contribution in [3.8, 4) is 17.2 Å². The molecule has 1 heterocycles. The first-order valence-corrected chi connectivity index (χ1v) is 8.20. The first-order valence-electron chi connectivity index (χ1n) is 7.21. The molecule has 0 fully saturated rings. The Hall–Kier alpha value is -2.34. The van der Waals surface area contributed by atoms with Gasteiger partial charge >= 0.3 is 0 Å². The zero-order valence-corrected chi connectivity index (χ0v) is 13.5. The van der Waals surface area contributed by atoms with Crippen molar-refractivity contribution in [2.24, 2.45) is 0 Å². The summed E-state index contributed by atoms with van der Waals surface area (Å²) >= 11 is 1.45. The van der Waals surface area contributed by atoms with Crippen LogP contribution in [0.15, 0.2) is 47.4 Å². The number of carbonyl (C=O) groups is 1. The minimum Gasteiger partial charge on any atom is -0.495 e. The number of fused-ring (bicyclic) bond motifs is 1. The van der Waals surface area contributed by atoms with E-state index < -0.39 is 0 Å². The molecule has 1 aliphatic rings. The topological polar surface area (TPSA) is 56.8 Å². The van der Waals surface area contributed by atoms with E-state index in [4.69, 9.17) is 14.2 Å². The van der Waals surface area contributed by atoms with Crippen molar-refractivity contribution in [3.63, 3.8) is 0 Å². The van der Waals surface area contributed by atoms with Crippen LogP contribution in [0.3, 0.4) is 0 Å². The fourth-order valence-electron chi connectivity index (χ4n) is 2.20. The molecule has 120 valence electrons. The number of hydrogen-bond acceptors (Lipinski definition) is 5. The van der Waals surface area contributed by atoms with Gasteiger partial charge in [-0.15, -0.1) is 11.8 Å². The summed E-state index contributed by atoms with van der Waals surface area (Å²) in [6.45, 7) is 1.12. The lowest BCUT2D eigenvalue weighted by Crippen LogP contribution is -2.15. The van der Waals surface area contributed by atoms with Crippen LogP contribution in [0.1, 0.15) is 0 Å². The Kier molecular flexibility index (Phi) is 4.92. The number of anilines is 1. The van der Waals surface area contributed by atoms with Crippen LogP contribution in [0.2, 0.25) is 0 Å². The number of ether oxygens (including phenoxy) is 3. The second kappa shape index (κ2) is 7.28. The minimum atomic E-state index is -0.0885. The number of nitrogens with one attached hydrogen (secondary N) is 1. The van der Waals surface area contributed by atoms with Crippen molar-refractivity contribution in [2.75, 3.05) is 31.4 Å². The van der Waals surface area contributed by atoms with Crippen LogP contribution in [0, 0.1) is 0 Å². The normalized spacial score (nSPS) is 12.6. The van der Waals surface area contributed by atoms with Crippen molar-refractivity contribution in [1.82, 2.24) is 0 Å². The van der Waals surface area contributed by atoms with Crippen LogP contribution >= 0.6 is 11.8 Å². The van der Waals surface area contributed by atoms with Gasteiger partial charge in [0.15, 0.2) is 11.5 Å². The van der Waals surface area contributed by atoms with Gasteiger partial charge in [0.25, 0.3) is 0 Å². The molecule has 0 spiro atoms. The van der Waals surface area contributed by atoms with Crippen molar-refractivity contribution in [1.29, 1.82) is 0 Å². The molecular formula is C17H17NO4S. The monoisotopic (exact) mass is 331 g/mol. The summed E-state index contributed by atoms with van der Waals surface area (Å²) in [6.07, 6.45) is 0. The van der Waals surface area contributed by atoms with Gasteiger partial charge in [0.1, 0.15) is 19.0 Å². The molecule has 0 aromatic heterocycles. The minimum absolute atomic E-state index is 0.0885. The first-order chi connectivity index (χ1) is 11.3. The molecule has 0 aliphatic carbocycles. The molecule has 23 heavy (non-hydrogen) atoms. The molecule has 2 aromatic rings. The van der Waals surface area contributed by atoms with E-state index in [1.165, 1.54) is 11.8 Å². The summed E-state index contributed by atoms with van der Waals surface area (Å²) in [6, 6.07) is 13.0. The number of para-hydroxylation sites is 2.